The molecule has 4 rings (SSSR count). The van der Waals surface area contributed by atoms with Crippen molar-refractivity contribution in [1.29, 1.82) is 0 Å². The molecule has 4 nitrogen and oxygen atoms in total. The fourth-order valence-electron chi connectivity index (χ4n) is 3.79. The van der Waals surface area contributed by atoms with Gasteiger partial charge >= 0.3 is 5.97 Å². The van der Waals surface area contributed by atoms with E-state index in [-0.39, 0.29) is 12.5 Å². The minimum atomic E-state index is -0.221. The zero-order chi connectivity index (χ0) is 15.9. The summed E-state index contributed by atoms with van der Waals surface area (Å²) in [6.45, 7) is 7.30. The lowest BCUT2D eigenvalue weighted by atomic mass is 9.48. The minimum absolute atomic E-state index is 0.174. The summed E-state index contributed by atoms with van der Waals surface area (Å²) >= 11 is 3.39. The van der Waals surface area contributed by atoms with Crippen LogP contribution in [0.2, 0.25) is 0 Å². The van der Waals surface area contributed by atoms with Crippen molar-refractivity contribution >= 4 is 21.9 Å². The fourth-order valence-corrected chi connectivity index (χ4v) is 4.09. The second-order valence-electron chi connectivity index (χ2n) is 7.03. The van der Waals surface area contributed by atoms with Gasteiger partial charge in [0.25, 0.3) is 0 Å². The molecule has 3 aliphatic carbocycles. The number of fused-ring (bicyclic) bond motifs is 1. The Morgan fingerprint density at radius 1 is 1.55 bits per heavy atom. The first kappa shape index (κ1) is 15.8. The lowest BCUT2D eigenvalue weighted by Crippen LogP contribution is -2.48. The van der Waals surface area contributed by atoms with Crippen molar-refractivity contribution in [2.75, 3.05) is 6.61 Å². The molecule has 0 radical (unpaired) electrons. The molecule has 2 atom stereocenters. The van der Waals surface area contributed by atoms with Crippen LogP contribution in [0.25, 0.3) is 0 Å². The first-order valence-corrected chi connectivity index (χ1v) is 8.71. The average molecular weight is 367 g/mol. The summed E-state index contributed by atoms with van der Waals surface area (Å²) in [6.07, 6.45) is 7.44. The van der Waals surface area contributed by atoms with Crippen molar-refractivity contribution < 1.29 is 9.53 Å². The predicted octanol–water partition coefficient (Wildman–Crippen LogP) is 3.88. The molecule has 1 aromatic rings. The van der Waals surface area contributed by atoms with Crippen molar-refractivity contribution in [3.05, 3.63) is 28.0 Å². The Morgan fingerprint density at radius 2 is 2.32 bits per heavy atom. The van der Waals surface area contributed by atoms with Gasteiger partial charge in [-0.15, -0.1) is 0 Å². The lowest BCUT2D eigenvalue weighted by molar-refractivity contribution is -0.144. The number of carbonyl (C=O) groups excluding carboxylic acids is 1. The van der Waals surface area contributed by atoms with Crippen LogP contribution >= 0.6 is 15.9 Å². The lowest BCUT2D eigenvalue weighted by Gasteiger charge is -2.56. The molecule has 5 heteroatoms. The summed E-state index contributed by atoms with van der Waals surface area (Å²) in [4.78, 5) is 11.9. The number of rotatable bonds is 5. The number of ether oxygens (including phenoxy) is 1. The molecule has 2 bridgehead atoms. The third kappa shape index (κ3) is 2.75. The van der Waals surface area contributed by atoms with Crippen LogP contribution in [-0.4, -0.2) is 22.4 Å². The molecule has 0 amide bonds. The highest BCUT2D eigenvalue weighted by Crippen LogP contribution is 2.59. The molecule has 1 fully saturated rings. The maximum absolute atomic E-state index is 11.9. The second kappa shape index (κ2) is 5.84. The quantitative estimate of drug-likeness (QED) is 0.586. The first-order chi connectivity index (χ1) is 10.4. The molecule has 22 heavy (non-hydrogen) atoms. The van der Waals surface area contributed by atoms with Crippen LogP contribution in [0, 0.1) is 24.2 Å². The van der Waals surface area contributed by atoms with Gasteiger partial charge in [0.2, 0.25) is 0 Å². The van der Waals surface area contributed by atoms with Crippen LogP contribution in [0.15, 0.2) is 22.3 Å². The topological polar surface area (TPSA) is 44.1 Å². The molecular formula is C17H23BrN2O2. The molecule has 0 spiro atoms. The standard InChI is InChI=1S/C17H23BrN2O2/c1-11-15(18)9-19-20(11)10-16(21)22-7-6-12-4-5-13-8-14(12)17(13,2)3/h4,9,13-14H,5-8,10H2,1-3H3/t13-,14-/m0/s1. The van der Waals surface area contributed by atoms with E-state index >= 15 is 0 Å². The van der Waals surface area contributed by atoms with E-state index in [0.717, 1.165) is 22.5 Å². The Morgan fingerprint density at radius 3 is 2.91 bits per heavy atom. The van der Waals surface area contributed by atoms with Gasteiger partial charge in [0.1, 0.15) is 6.54 Å². The molecule has 1 heterocycles. The fraction of sp³-hybridized carbons (Fsp3) is 0.647. The third-order valence-electron chi connectivity index (χ3n) is 5.56. The predicted molar refractivity (Wildman–Crippen MR) is 88.3 cm³/mol. The van der Waals surface area contributed by atoms with Crippen LogP contribution in [0.3, 0.4) is 0 Å². The van der Waals surface area contributed by atoms with Crippen molar-refractivity contribution in [2.24, 2.45) is 17.3 Å². The van der Waals surface area contributed by atoms with Crippen molar-refractivity contribution in [1.82, 2.24) is 9.78 Å². The maximum atomic E-state index is 11.9. The highest BCUT2D eigenvalue weighted by atomic mass is 79.9. The summed E-state index contributed by atoms with van der Waals surface area (Å²) in [7, 11) is 0. The number of hydrogen-bond donors (Lipinski definition) is 0. The minimum Gasteiger partial charge on any atom is -0.464 e. The van der Waals surface area contributed by atoms with Crippen LogP contribution < -0.4 is 0 Å². The van der Waals surface area contributed by atoms with E-state index in [9.17, 15) is 4.79 Å². The van der Waals surface area contributed by atoms with E-state index in [1.807, 2.05) is 6.92 Å². The van der Waals surface area contributed by atoms with Crippen molar-refractivity contribution in [3.63, 3.8) is 0 Å². The van der Waals surface area contributed by atoms with Crippen LogP contribution in [0.1, 0.15) is 38.8 Å². The van der Waals surface area contributed by atoms with Crippen molar-refractivity contribution in [3.8, 4) is 0 Å². The monoisotopic (exact) mass is 366 g/mol. The van der Waals surface area contributed by atoms with E-state index in [1.54, 1.807) is 10.9 Å². The molecular weight excluding hydrogens is 344 g/mol. The zero-order valence-corrected chi connectivity index (χ0v) is 15.0. The molecule has 0 aromatic carbocycles. The van der Waals surface area contributed by atoms with Gasteiger partial charge in [0.15, 0.2) is 0 Å². The maximum Gasteiger partial charge on any atom is 0.327 e. The number of esters is 1. The molecule has 1 aromatic heterocycles. The zero-order valence-electron chi connectivity index (χ0n) is 13.4. The Bertz CT molecular complexity index is 618. The molecule has 0 N–H and O–H groups in total. The third-order valence-corrected chi connectivity index (χ3v) is 6.34. The number of hydrogen-bond acceptors (Lipinski definition) is 3. The molecule has 1 saturated carbocycles. The van der Waals surface area contributed by atoms with Crippen LogP contribution in [0.4, 0.5) is 0 Å². The number of allylic oxidation sites excluding steroid dienone is 1. The molecule has 120 valence electrons. The van der Waals surface area contributed by atoms with Gasteiger partial charge in [-0.3, -0.25) is 9.48 Å². The number of halogens is 1. The summed E-state index contributed by atoms with van der Waals surface area (Å²) < 4.78 is 7.96. The molecule has 3 aliphatic rings. The van der Waals surface area contributed by atoms with E-state index in [0.29, 0.717) is 17.9 Å². The molecule has 0 aliphatic heterocycles. The Balaban J connectivity index is 1.46. The van der Waals surface area contributed by atoms with E-state index in [1.165, 1.54) is 18.4 Å². The largest absolute Gasteiger partial charge is 0.464 e. The number of carbonyl (C=O) groups is 1. The average Bonchev–Trinajstić information content (AvgIpc) is 2.79. The van der Waals surface area contributed by atoms with Gasteiger partial charge in [0.05, 0.1) is 23.0 Å². The highest BCUT2D eigenvalue weighted by molar-refractivity contribution is 9.10. The van der Waals surface area contributed by atoms with Gasteiger partial charge in [-0.25, -0.2) is 0 Å². The van der Waals surface area contributed by atoms with Gasteiger partial charge < -0.3 is 4.74 Å². The van der Waals surface area contributed by atoms with E-state index in [2.05, 4.69) is 41.0 Å². The Kier molecular flexibility index (Phi) is 4.19. The summed E-state index contributed by atoms with van der Waals surface area (Å²) in [5.41, 5.74) is 2.86. The number of aromatic nitrogens is 2. The van der Waals surface area contributed by atoms with Gasteiger partial charge in [-0.2, -0.15) is 5.10 Å². The van der Waals surface area contributed by atoms with E-state index < -0.39 is 0 Å². The SMILES string of the molecule is Cc1c(Br)cnn1CC(=O)OCCC1=CC[C@H]2C[C@@H]1C2(C)C. The summed E-state index contributed by atoms with van der Waals surface area (Å²) in [6, 6.07) is 0. The van der Waals surface area contributed by atoms with Gasteiger partial charge in [-0.05, 0) is 52.9 Å². The molecule has 0 saturated heterocycles. The summed E-state index contributed by atoms with van der Waals surface area (Å²) in [5.74, 6) is 1.32. The van der Waals surface area contributed by atoms with Gasteiger partial charge in [-0.1, -0.05) is 25.5 Å². The highest BCUT2D eigenvalue weighted by Gasteiger charge is 2.50. The Hall–Kier alpha value is -1.10. The number of nitrogens with zero attached hydrogens (tertiary/aromatic N) is 2. The van der Waals surface area contributed by atoms with Crippen molar-refractivity contribution in [2.45, 2.75) is 46.6 Å². The Labute approximate surface area is 140 Å². The van der Waals surface area contributed by atoms with Crippen LogP contribution in [-0.2, 0) is 16.1 Å². The van der Waals surface area contributed by atoms with E-state index in [4.69, 9.17) is 4.74 Å². The summed E-state index contributed by atoms with van der Waals surface area (Å²) in [5, 5.41) is 4.15. The van der Waals surface area contributed by atoms with Crippen LogP contribution in [0.5, 0.6) is 0 Å². The molecule has 0 unspecified atom stereocenters. The first-order valence-electron chi connectivity index (χ1n) is 7.92. The second-order valence-corrected chi connectivity index (χ2v) is 7.88. The smallest absolute Gasteiger partial charge is 0.327 e. The van der Waals surface area contributed by atoms with Gasteiger partial charge in [0, 0.05) is 6.42 Å². The normalized spacial score (nSPS) is 25.4.